The summed E-state index contributed by atoms with van der Waals surface area (Å²) in [7, 11) is 1.62. The standard InChI is InChI=1S/C32H33ClFN7O5/c1-46-24-6-5-21-16-28(42)40(12-7-22(21)15-24)23-8-10-38(11-9-23)29(43)18-39-17-26(25-3-2-4-27(34)30(25)33)31(44)41(32(39)45)14-13-37-19-35-36-20-37/h2-6,15,17,19-20,23H,7-14,16,18H2,1H3. The maximum Gasteiger partial charge on any atom is 0.331 e. The number of rotatable bonds is 8. The van der Waals surface area contributed by atoms with Crippen LogP contribution in [-0.2, 0) is 42.1 Å². The molecule has 0 bridgehead atoms. The highest BCUT2D eigenvalue weighted by Crippen LogP contribution is 2.28. The molecular weight excluding hydrogens is 617 g/mol. The summed E-state index contributed by atoms with van der Waals surface area (Å²) in [5, 5.41) is 7.23. The van der Waals surface area contributed by atoms with Crippen molar-refractivity contribution in [3.05, 3.63) is 98.1 Å². The van der Waals surface area contributed by atoms with Gasteiger partial charge in [-0.2, -0.15) is 0 Å². The number of aryl methyl sites for hydroxylation is 1. The zero-order valence-corrected chi connectivity index (χ0v) is 26.0. The van der Waals surface area contributed by atoms with E-state index < -0.39 is 17.1 Å². The molecular formula is C32H33ClFN7O5. The Morgan fingerprint density at radius 1 is 1.00 bits per heavy atom. The van der Waals surface area contributed by atoms with Crippen LogP contribution in [0.2, 0.25) is 5.02 Å². The van der Waals surface area contributed by atoms with E-state index in [2.05, 4.69) is 10.2 Å². The fourth-order valence-electron chi connectivity index (χ4n) is 6.24. The normalized spacial score (nSPS) is 15.5. The van der Waals surface area contributed by atoms with Crippen molar-refractivity contribution in [3.63, 3.8) is 0 Å². The van der Waals surface area contributed by atoms with Crippen molar-refractivity contribution in [2.75, 3.05) is 26.7 Å². The summed E-state index contributed by atoms with van der Waals surface area (Å²) in [6, 6.07) is 9.90. The molecule has 0 N–H and O–H groups in total. The second-order valence-corrected chi connectivity index (χ2v) is 11.8. The van der Waals surface area contributed by atoms with Crippen LogP contribution in [0, 0.1) is 5.82 Å². The third-order valence-corrected chi connectivity index (χ3v) is 9.17. The molecule has 240 valence electrons. The second-order valence-electron chi connectivity index (χ2n) is 11.5. The Bertz CT molecular complexity index is 1880. The van der Waals surface area contributed by atoms with Gasteiger partial charge in [0.25, 0.3) is 5.56 Å². The van der Waals surface area contributed by atoms with Gasteiger partial charge < -0.3 is 19.1 Å². The van der Waals surface area contributed by atoms with Crippen LogP contribution >= 0.6 is 11.6 Å². The molecule has 2 aliphatic rings. The minimum absolute atomic E-state index is 0.00217. The number of piperidine rings is 1. The molecule has 6 rings (SSSR count). The van der Waals surface area contributed by atoms with Gasteiger partial charge in [0.2, 0.25) is 11.8 Å². The SMILES string of the molecule is COc1ccc2c(c1)CCN(C1CCN(C(=O)Cn3cc(-c4cccc(F)c4Cl)c(=O)n(CCn4cnnc4)c3=O)CC1)C(=O)C2. The number of methoxy groups -OCH3 is 1. The third-order valence-electron chi connectivity index (χ3n) is 8.79. The number of hydrogen-bond donors (Lipinski definition) is 0. The van der Waals surface area contributed by atoms with Gasteiger partial charge in [-0.05, 0) is 48.6 Å². The van der Waals surface area contributed by atoms with Crippen LogP contribution in [0.4, 0.5) is 4.39 Å². The van der Waals surface area contributed by atoms with E-state index in [-0.39, 0.29) is 53.6 Å². The van der Waals surface area contributed by atoms with E-state index in [4.69, 9.17) is 16.3 Å². The van der Waals surface area contributed by atoms with E-state index in [1.165, 1.54) is 41.6 Å². The Balaban J connectivity index is 1.18. The van der Waals surface area contributed by atoms with Crippen LogP contribution in [0.25, 0.3) is 11.1 Å². The van der Waals surface area contributed by atoms with Crippen molar-refractivity contribution in [1.82, 2.24) is 33.7 Å². The van der Waals surface area contributed by atoms with Crippen molar-refractivity contribution in [2.24, 2.45) is 0 Å². The molecule has 2 aliphatic heterocycles. The van der Waals surface area contributed by atoms with Crippen LogP contribution < -0.4 is 16.0 Å². The Labute approximate surface area is 268 Å². The number of likely N-dealkylation sites (tertiary alicyclic amines) is 1. The van der Waals surface area contributed by atoms with Gasteiger partial charge in [-0.15, -0.1) is 10.2 Å². The summed E-state index contributed by atoms with van der Waals surface area (Å²) < 4.78 is 23.5. The maximum atomic E-state index is 14.4. The first-order valence-corrected chi connectivity index (χ1v) is 15.5. The van der Waals surface area contributed by atoms with E-state index in [1.54, 1.807) is 16.6 Å². The van der Waals surface area contributed by atoms with E-state index in [1.807, 2.05) is 23.1 Å². The zero-order chi connectivity index (χ0) is 32.4. The monoisotopic (exact) mass is 649 g/mol. The van der Waals surface area contributed by atoms with Gasteiger partial charge in [0.05, 0.1) is 24.1 Å². The number of nitrogens with zero attached hydrogens (tertiary/aromatic N) is 7. The number of ether oxygens (including phenoxy) is 1. The number of fused-ring (bicyclic) bond motifs is 1. The Hall–Kier alpha value is -4.78. The first-order chi connectivity index (χ1) is 22.2. The summed E-state index contributed by atoms with van der Waals surface area (Å²) in [5.41, 5.74) is 0.900. The molecule has 1 saturated heterocycles. The molecule has 14 heteroatoms. The molecule has 0 atom stereocenters. The lowest BCUT2D eigenvalue weighted by molar-refractivity contribution is -0.136. The molecule has 0 aliphatic carbocycles. The van der Waals surface area contributed by atoms with Crippen molar-refractivity contribution in [2.45, 2.75) is 51.4 Å². The summed E-state index contributed by atoms with van der Waals surface area (Å²) in [6.07, 6.45) is 6.45. The van der Waals surface area contributed by atoms with E-state index in [9.17, 15) is 23.6 Å². The first-order valence-electron chi connectivity index (χ1n) is 15.1. The minimum atomic E-state index is -0.710. The predicted molar refractivity (Wildman–Crippen MR) is 167 cm³/mol. The van der Waals surface area contributed by atoms with Gasteiger partial charge >= 0.3 is 5.69 Å². The maximum absolute atomic E-state index is 14.4. The van der Waals surface area contributed by atoms with Crippen LogP contribution in [0.5, 0.6) is 5.75 Å². The lowest BCUT2D eigenvalue weighted by Crippen LogP contribution is -2.50. The number of benzene rings is 2. The molecule has 4 heterocycles. The fraction of sp³-hybridized carbons (Fsp3) is 0.375. The van der Waals surface area contributed by atoms with Crippen molar-refractivity contribution < 1.29 is 18.7 Å². The van der Waals surface area contributed by atoms with E-state index in [0.717, 1.165) is 27.9 Å². The van der Waals surface area contributed by atoms with Crippen LogP contribution in [0.3, 0.4) is 0 Å². The quantitative estimate of drug-likeness (QED) is 0.287. The minimum Gasteiger partial charge on any atom is -0.497 e. The average Bonchev–Trinajstić information content (AvgIpc) is 3.52. The number of aromatic nitrogens is 5. The first kappa shape index (κ1) is 31.2. The molecule has 1 fully saturated rings. The Kier molecular flexibility index (Phi) is 9.02. The second kappa shape index (κ2) is 13.3. The number of halogens is 2. The van der Waals surface area contributed by atoms with Crippen LogP contribution in [0.1, 0.15) is 24.0 Å². The molecule has 0 unspecified atom stereocenters. The highest BCUT2D eigenvalue weighted by molar-refractivity contribution is 6.33. The number of carbonyl (C=O) groups is 2. The number of carbonyl (C=O) groups excluding carboxylic acids is 2. The zero-order valence-electron chi connectivity index (χ0n) is 25.3. The largest absolute Gasteiger partial charge is 0.497 e. The van der Waals surface area contributed by atoms with Gasteiger partial charge in [0.1, 0.15) is 30.8 Å². The smallest absolute Gasteiger partial charge is 0.331 e. The highest BCUT2D eigenvalue weighted by atomic mass is 35.5. The Morgan fingerprint density at radius 3 is 2.50 bits per heavy atom. The predicted octanol–water partition coefficient (Wildman–Crippen LogP) is 2.39. The van der Waals surface area contributed by atoms with Gasteiger partial charge in [-0.1, -0.05) is 29.8 Å². The van der Waals surface area contributed by atoms with E-state index in [0.29, 0.717) is 38.9 Å². The third kappa shape index (κ3) is 6.32. The average molecular weight is 650 g/mol. The molecule has 12 nitrogen and oxygen atoms in total. The van der Waals surface area contributed by atoms with Crippen molar-refractivity contribution >= 4 is 23.4 Å². The van der Waals surface area contributed by atoms with Crippen molar-refractivity contribution in [3.8, 4) is 16.9 Å². The van der Waals surface area contributed by atoms with Gasteiger partial charge in [-0.3, -0.25) is 23.5 Å². The van der Waals surface area contributed by atoms with Crippen molar-refractivity contribution in [1.29, 1.82) is 0 Å². The molecule has 2 aromatic heterocycles. The molecule has 4 aromatic rings. The molecule has 0 radical (unpaired) electrons. The summed E-state index contributed by atoms with van der Waals surface area (Å²) in [4.78, 5) is 57.3. The molecule has 2 aromatic carbocycles. The summed E-state index contributed by atoms with van der Waals surface area (Å²) in [6.45, 7) is 1.29. The summed E-state index contributed by atoms with van der Waals surface area (Å²) >= 11 is 6.23. The van der Waals surface area contributed by atoms with Gasteiger partial charge in [-0.25, -0.2) is 9.18 Å². The van der Waals surface area contributed by atoms with Gasteiger partial charge in [0, 0.05) is 50.5 Å². The molecule has 2 amide bonds. The lowest BCUT2D eigenvalue weighted by Gasteiger charge is -2.38. The fourth-order valence-corrected chi connectivity index (χ4v) is 6.46. The highest BCUT2D eigenvalue weighted by Gasteiger charge is 2.32. The molecule has 0 saturated carbocycles. The summed E-state index contributed by atoms with van der Waals surface area (Å²) in [5.74, 6) is -0.180. The van der Waals surface area contributed by atoms with E-state index >= 15 is 0 Å². The molecule has 46 heavy (non-hydrogen) atoms. The topological polar surface area (TPSA) is 125 Å². The lowest BCUT2D eigenvalue weighted by atomic mass is 10.0. The van der Waals surface area contributed by atoms with Crippen LogP contribution in [-0.4, -0.2) is 78.3 Å². The van der Waals surface area contributed by atoms with Gasteiger partial charge in [0.15, 0.2) is 0 Å². The number of amides is 2. The Morgan fingerprint density at radius 2 is 1.76 bits per heavy atom. The molecule has 0 spiro atoms. The number of hydrogen-bond acceptors (Lipinski definition) is 7. The van der Waals surface area contributed by atoms with Crippen LogP contribution in [0.15, 0.2) is 64.8 Å².